The molecule has 4 heteroatoms. The van der Waals surface area contributed by atoms with Gasteiger partial charge in [0.15, 0.2) is 17.5 Å². The van der Waals surface area contributed by atoms with Crippen LogP contribution in [0.3, 0.4) is 0 Å². The number of rotatable bonds is 4. The molecule has 0 atom stereocenters. The molecule has 45 heavy (non-hydrogen) atoms. The van der Waals surface area contributed by atoms with Gasteiger partial charge in [-0.05, 0) is 45.5 Å². The molecule has 210 valence electrons. The number of hydrogen-bond donors (Lipinski definition) is 0. The summed E-state index contributed by atoms with van der Waals surface area (Å²) in [6.45, 7) is 0. The van der Waals surface area contributed by atoms with Crippen LogP contribution >= 0.6 is 0 Å². The van der Waals surface area contributed by atoms with E-state index in [0.717, 1.165) is 65.9 Å². The first kappa shape index (κ1) is 25.4. The van der Waals surface area contributed by atoms with E-state index in [1.54, 1.807) is 0 Å². The zero-order valence-corrected chi connectivity index (χ0v) is 24.2. The molecule has 0 amide bonds. The number of hydrogen-bond acceptors (Lipinski definition) is 4. The van der Waals surface area contributed by atoms with E-state index >= 15 is 0 Å². The second-order valence-electron chi connectivity index (χ2n) is 11.2. The van der Waals surface area contributed by atoms with Gasteiger partial charge >= 0.3 is 0 Å². The second kappa shape index (κ2) is 10.2. The van der Waals surface area contributed by atoms with E-state index in [9.17, 15) is 0 Å². The predicted octanol–water partition coefficient (Wildman–Crippen LogP) is 10.7. The van der Waals surface area contributed by atoms with E-state index in [1.165, 1.54) is 5.39 Å². The molecule has 0 radical (unpaired) electrons. The van der Waals surface area contributed by atoms with Crippen LogP contribution in [0, 0.1) is 0 Å². The molecule has 2 heterocycles. The number of nitrogens with zero attached hydrogens (tertiary/aromatic N) is 3. The summed E-state index contributed by atoms with van der Waals surface area (Å²) in [6.07, 6.45) is 0. The molecule has 0 spiro atoms. The molecule has 0 aliphatic rings. The van der Waals surface area contributed by atoms with Crippen LogP contribution in [-0.2, 0) is 0 Å². The lowest BCUT2D eigenvalue weighted by atomic mass is 9.93. The molecule has 0 bridgehead atoms. The number of aromatic nitrogens is 3. The van der Waals surface area contributed by atoms with Gasteiger partial charge in [0.25, 0.3) is 0 Å². The van der Waals surface area contributed by atoms with Gasteiger partial charge < -0.3 is 4.42 Å². The molecule has 0 saturated heterocycles. The third-order valence-corrected chi connectivity index (χ3v) is 8.52. The molecular weight excluding hydrogens is 550 g/mol. The molecule has 0 fully saturated rings. The zero-order valence-electron chi connectivity index (χ0n) is 24.2. The van der Waals surface area contributed by atoms with E-state index < -0.39 is 0 Å². The largest absolute Gasteiger partial charge is 0.455 e. The lowest BCUT2D eigenvalue weighted by molar-refractivity contribution is 0.673. The van der Waals surface area contributed by atoms with Crippen LogP contribution in [0.25, 0.3) is 88.8 Å². The third-order valence-electron chi connectivity index (χ3n) is 8.52. The van der Waals surface area contributed by atoms with Gasteiger partial charge in [0.1, 0.15) is 11.2 Å². The minimum absolute atomic E-state index is 0.643. The Morgan fingerprint density at radius 1 is 0.378 bits per heavy atom. The summed E-state index contributed by atoms with van der Waals surface area (Å²) in [4.78, 5) is 14.7. The van der Waals surface area contributed by atoms with Gasteiger partial charge in [0.2, 0.25) is 0 Å². The molecule has 4 nitrogen and oxygen atoms in total. The van der Waals surface area contributed by atoms with Crippen LogP contribution in [0.1, 0.15) is 0 Å². The Balaban J connectivity index is 1.22. The van der Waals surface area contributed by atoms with Gasteiger partial charge in [-0.1, -0.05) is 133 Å². The van der Waals surface area contributed by atoms with E-state index in [1.807, 2.05) is 60.7 Å². The Labute approximate surface area is 259 Å². The highest BCUT2D eigenvalue weighted by molar-refractivity contribution is 6.20. The minimum Gasteiger partial charge on any atom is -0.455 e. The predicted molar refractivity (Wildman–Crippen MR) is 184 cm³/mol. The maximum absolute atomic E-state index is 6.49. The SMILES string of the molecule is c1ccc(-c2nc(-c3ccccc3)nc(-c3ccc4c(-c5cccc6oc7c8ccccc8ccc7c56)cccc4c3)n2)cc1. The molecule has 0 saturated carbocycles. The Morgan fingerprint density at radius 2 is 0.978 bits per heavy atom. The van der Waals surface area contributed by atoms with Crippen LogP contribution in [0.4, 0.5) is 0 Å². The van der Waals surface area contributed by atoms with E-state index in [-0.39, 0.29) is 0 Å². The molecule has 2 aromatic heterocycles. The average Bonchev–Trinajstić information content (AvgIpc) is 3.51. The summed E-state index contributed by atoms with van der Waals surface area (Å²) < 4.78 is 6.49. The van der Waals surface area contributed by atoms with Crippen LogP contribution in [-0.4, -0.2) is 15.0 Å². The maximum Gasteiger partial charge on any atom is 0.164 e. The first-order chi connectivity index (χ1) is 22.3. The summed E-state index contributed by atoms with van der Waals surface area (Å²) in [6, 6.07) is 52.2. The van der Waals surface area contributed by atoms with Gasteiger partial charge in [-0.3, -0.25) is 0 Å². The third kappa shape index (κ3) is 4.27. The van der Waals surface area contributed by atoms with Crippen LogP contribution in [0.2, 0.25) is 0 Å². The summed E-state index contributed by atoms with van der Waals surface area (Å²) in [5.41, 5.74) is 6.97. The highest BCUT2D eigenvalue weighted by Crippen LogP contribution is 2.41. The lowest BCUT2D eigenvalue weighted by Gasteiger charge is -2.11. The Kier molecular flexibility index (Phi) is 5.78. The number of fused-ring (bicyclic) bond motifs is 6. The van der Waals surface area contributed by atoms with Crippen molar-refractivity contribution < 1.29 is 4.42 Å². The first-order valence-electron chi connectivity index (χ1n) is 15.0. The van der Waals surface area contributed by atoms with Crippen LogP contribution < -0.4 is 0 Å². The first-order valence-corrected chi connectivity index (χ1v) is 15.0. The van der Waals surface area contributed by atoms with Gasteiger partial charge in [-0.15, -0.1) is 0 Å². The highest BCUT2D eigenvalue weighted by Gasteiger charge is 2.17. The summed E-state index contributed by atoms with van der Waals surface area (Å²) in [7, 11) is 0. The monoisotopic (exact) mass is 575 g/mol. The lowest BCUT2D eigenvalue weighted by Crippen LogP contribution is -2.00. The van der Waals surface area contributed by atoms with Gasteiger partial charge in [-0.25, -0.2) is 15.0 Å². The van der Waals surface area contributed by atoms with Crippen molar-refractivity contribution in [2.45, 2.75) is 0 Å². The van der Waals surface area contributed by atoms with Crippen molar-refractivity contribution >= 4 is 43.5 Å². The molecule has 9 rings (SSSR count). The zero-order chi connectivity index (χ0) is 29.7. The Morgan fingerprint density at radius 3 is 1.73 bits per heavy atom. The van der Waals surface area contributed by atoms with Crippen molar-refractivity contribution in [3.63, 3.8) is 0 Å². The van der Waals surface area contributed by atoms with E-state index in [4.69, 9.17) is 19.4 Å². The normalized spacial score (nSPS) is 11.6. The van der Waals surface area contributed by atoms with Crippen molar-refractivity contribution in [2.75, 3.05) is 0 Å². The van der Waals surface area contributed by atoms with Gasteiger partial charge in [-0.2, -0.15) is 0 Å². The van der Waals surface area contributed by atoms with Crippen LogP contribution in [0.15, 0.2) is 156 Å². The standard InChI is InChI=1S/C41H25N3O/c1-3-12-27(13-4-1)39-42-40(28-14-5-2-6-15-28)44-41(43-39)30-22-23-31-29(25-30)16-9-18-33(31)34-19-10-20-36-37(34)35-24-21-26-11-7-8-17-32(26)38(35)45-36/h1-25H. The minimum atomic E-state index is 0.643. The number of benzene rings is 7. The van der Waals surface area contributed by atoms with E-state index in [0.29, 0.717) is 17.5 Å². The fourth-order valence-electron chi connectivity index (χ4n) is 6.37. The molecule has 0 unspecified atom stereocenters. The summed E-state index contributed by atoms with van der Waals surface area (Å²) in [5.74, 6) is 1.95. The van der Waals surface area contributed by atoms with Gasteiger partial charge in [0, 0.05) is 32.8 Å². The van der Waals surface area contributed by atoms with Crippen molar-refractivity contribution in [1.82, 2.24) is 15.0 Å². The molecule has 0 aliphatic carbocycles. The Bertz CT molecular complexity index is 2480. The van der Waals surface area contributed by atoms with Crippen molar-refractivity contribution in [1.29, 1.82) is 0 Å². The number of furan rings is 1. The fraction of sp³-hybridized carbons (Fsp3) is 0. The van der Waals surface area contributed by atoms with Gasteiger partial charge in [0.05, 0.1) is 0 Å². The van der Waals surface area contributed by atoms with Crippen molar-refractivity contribution in [2.24, 2.45) is 0 Å². The Hall–Kier alpha value is -6.13. The summed E-state index contributed by atoms with van der Waals surface area (Å²) in [5, 5.41) is 6.83. The molecule has 0 N–H and O–H groups in total. The van der Waals surface area contributed by atoms with E-state index in [2.05, 4.69) is 91.0 Å². The highest BCUT2D eigenvalue weighted by atomic mass is 16.3. The van der Waals surface area contributed by atoms with Crippen LogP contribution in [0.5, 0.6) is 0 Å². The molecule has 0 aliphatic heterocycles. The molecule has 9 aromatic rings. The maximum atomic E-state index is 6.49. The van der Waals surface area contributed by atoms with Crippen molar-refractivity contribution in [3.8, 4) is 45.3 Å². The smallest absolute Gasteiger partial charge is 0.164 e. The topological polar surface area (TPSA) is 51.8 Å². The summed E-state index contributed by atoms with van der Waals surface area (Å²) >= 11 is 0. The fourth-order valence-corrected chi connectivity index (χ4v) is 6.37. The second-order valence-corrected chi connectivity index (χ2v) is 11.2. The average molecular weight is 576 g/mol. The quantitative estimate of drug-likeness (QED) is 0.209. The van der Waals surface area contributed by atoms with Crippen molar-refractivity contribution in [3.05, 3.63) is 152 Å². The molecular formula is C41H25N3O. The molecule has 7 aromatic carbocycles.